The van der Waals surface area contributed by atoms with E-state index in [2.05, 4.69) is 10.3 Å². The van der Waals surface area contributed by atoms with E-state index in [0.29, 0.717) is 6.54 Å². The monoisotopic (exact) mass is 263 g/mol. The van der Waals surface area contributed by atoms with Gasteiger partial charge >= 0.3 is 6.18 Å². The van der Waals surface area contributed by atoms with Crippen molar-refractivity contribution in [1.82, 2.24) is 5.48 Å². The van der Waals surface area contributed by atoms with Crippen LogP contribution >= 0.6 is 11.8 Å². The Hall–Kier alpha value is -0.720. The number of thioether (sulfide) groups is 1. The third-order valence-corrected chi connectivity index (χ3v) is 3.72. The fourth-order valence-electron chi connectivity index (χ4n) is 1.69. The minimum absolute atomic E-state index is 0.212. The summed E-state index contributed by atoms with van der Waals surface area (Å²) in [4.78, 5) is 5.59. The Balaban J connectivity index is 1.78. The number of hydrogen-bond donors (Lipinski definition) is 1. The highest BCUT2D eigenvalue weighted by molar-refractivity contribution is 7.99. The number of rotatable bonds is 4. The lowest BCUT2D eigenvalue weighted by atomic mass is 10.0. The normalized spacial score (nSPS) is 19.4. The van der Waals surface area contributed by atoms with Crippen LogP contribution in [0.4, 0.5) is 13.2 Å². The van der Waals surface area contributed by atoms with Crippen LogP contribution in [-0.4, -0.2) is 25.1 Å². The summed E-state index contributed by atoms with van der Waals surface area (Å²) in [5, 5.41) is 0. The molecule has 0 saturated heterocycles. The number of alkyl halides is 3. The molecule has 0 amide bonds. The molecule has 1 unspecified atom stereocenters. The molecule has 0 aliphatic carbocycles. The zero-order valence-electron chi connectivity index (χ0n) is 8.96. The van der Waals surface area contributed by atoms with Crippen molar-refractivity contribution in [1.29, 1.82) is 0 Å². The van der Waals surface area contributed by atoms with Crippen LogP contribution in [0.25, 0.3) is 0 Å². The van der Waals surface area contributed by atoms with Crippen molar-refractivity contribution in [3.05, 3.63) is 29.8 Å². The largest absolute Gasteiger partial charge is 0.413 e. The molecule has 2 nitrogen and oxygen atoms in total. The molecule has 0 radical (unpaired) electrons. The zero-order chi connectivity index (χ0) is 12.3. The second-order valence-electron chi connectivity index (χ2n) is 3.80. The number of nitrogens with one attached hydrogen (secondary N) is 1. The van der Waals surface area contributed by atoms with Crippen LogP contribution in [0.5, 0.6) is 0 Å². The lowest BCUT2D eigenvalue weighted by Gasteiger charge is -2.13. The molecule has 1 aliphatic heterocycles. The van der Waals surface area contributed by atoms with E-state index in [-0.39, 0.29) is 5.92 Å². The van der Waals surface area contributed by atoms with Gasteiger partial charge in [-0.25, -0.2) is 5.48 Å². The molecule has 1 aliphatic rings. The average Bonchev–Trinajstić information content (AvgIpc) is 2.67. The Morgan fingerprint density at radius 1 is 1.35 bits per heavy atom. The molecular formula is C11H12F3NOS. The van der Waals surface area contributed by atoms with Gasteiger partial charge in [0.2, 0.25) is 0 Å². The molecule has 2 rings (SSSR count). The maximum atomic E-state index is 11.8. The number of benzene rings is 1. The summed E-state index contributed by atoms with van der Waals surface area (Å²) in [7, 11) is 0. The zero-order valence-corrected chi connectivity index (χ0v) is 9.77. The van der Waals surface area contributed by atoms with Crippen LogP contribution in [0.3, 0.4) is 0 Å². The minimum Gasteiger partial charge on any atom is -0.292 e. The molecule has 1 aromatic rings. The Morgan fingerprint density at radius 3 is 2.88 bits per heavy atom. The van der Waals surface area contributed by atoms with E-state index in [1.165, 1.54) is 10.5 Å². The number of hydrogen-bond acceptors (Lipinski definition) is 3. The quantitative estimate of drug-likeness (QED) is 0.666. The first-order chi connectivity index (χ1) is 8.06. The van der Waals surface area contributed by atoms with E-state index in [1.54, 1.807) is 11.8 Å². The summed E-state index contributed by atoms with van der Waals surface area (Å²) in [5.41, 5.74) is 3.57. The third-order valence-electron chi connectivity index (χ3n) is 2.47. The van der Waals surface area contributed by atoms with Crippen LogP contribution in [-0.2, 0) is 4.84 Å². The van der Waals surface area contributed by atoms with E-state index < -0.39 is 12.8 Å². The smallest absolute Gasteiger partial charge is 0.292 e. The van der Waals surface area contributed by atoms with Crippen molar-refractivity contribution in [3.63, 3.8) is 0 Å². The first-order valence-electron chi connectivity index (χ1n) is 5.19. The Morgan fingerprint density at radius 2 is 2.12 bits per heavy atom. The maximum Gasteiger partial charge on any atom is 0.413 e. The summed E-state index contributed by atoms with van der Waals surface area (Å²) in [6.45, 7) is -0.853. The maximum absolute atomic E-state index is 11.8. The molecule has 0 bridgehead atoms. The topological polar surface area (TPSA) is 21.3 Å². The Labute approximate surface area is 101 Å². The second kappa shape index (κ2) is 5.29. The summed E-state index contributed by atoms with van der Waals surface area (Å²) >= 11 is 1.72. The molecule has 0 saturated carbocycles. The molecular weight excluding hydrogens is 251 g/mol. The van der Waals surface area contributed by atoms with Crippen molar-refractivity contribution < 1.29 is 18.0 Å². The van der Waals surface area contributed by atoms with Gasteiger partial charge in [-0.1, -0.05) is 18.2 Å². The highest BCUT2D eigenvalue weighted by Gasteiger charge is 2.28. The number of fused-ring (bicyclic) bond motifs is 1. The molecule has 1 aromatic carbocycles. The second-order valence-corrected chi connectivity index (χ2v) is 4.86. The SMILES string of the molecule is FC(F)(F)CONCC1CSc2ccccc21. The first-order valence-corrected chi connectivity index (χ1v) is 6.18. The number of hydroxylamine groups is 1. The van der Waals surface area contributed by atoms with Crippen molar-refractivity contribution in [2.45, 2.75) is 17.0 Å². The fourth-order valence-corrected chi connectivity index (χ4v) is 2.94. The van der Waals surface area contributed by atoms with Gasteiger partial charge in [0, 0.05) is 23.1 Å². The molecule has 1 N–H and O–H groups in total. The van der Waals surface area contributed by atoms with Gasteiger partial charge in [0.25, 0.3) is 0 Å². The van der Waals surface area contributed by atoms with Gasteiger partial charge in [0.1, 0.15) is 0 Å². The van der Waals surface area contributed by atoms with E-state index >= 15 is 0 Å². The third kappa shape index (κ3) is 3.62. The van der Waals surface area contributed by atoms with Crippen LogP contribution < -0.4 is 5.48 Å². The predicted molar refractivity (Wildman–Crippen MR) is 59.9 cm³/mol. The summed E-state index contributed by atoms with van der Waals surface area (Å²) in [5.74, 6) is 1.09. The first kappa shape index (κ1) is 12.7. The summed E-state index contributed by atoms with van der Waals surface area (Å²) in [6, 6.07) is 7.93. The van der Waals surface area contributed by atoms with Crippen LogP contribution in [0.2, 0.25) is 0 Å². The Kier molecular flexibility index (Phi) is 3.96. The van der Waals surface area contributed by atoms with Crippen LogP contribution in [0.1, 0.15) is 11.5 Å². The van der Waals surface area contributed by atoms with E-state index in [4.69, 9.17) is 0 Å². The molecule has 6 heteroatoms. The van der Waals surface area contributed by atoms with Crippen LogP contribution in [0.15, 0.2) is 29.2 Å². The van der Waals surface area contributed by atoms with Gasteiger partial charge in [0.15, 0.2) is 6.61 Å². The average molecular weight is 263 g/mol. The molecule has 1 atom stereocenters. The van der Waals surface area contributed by atoms with Gasteiger partial charge in [-0.2, -0.15) is 13.2 Å². The molecule has 0 aromatic heterocycles. The molecule has 17 heavy (non-hydrogen) atoms. The number of halogens is 3. The van der Waals surface area contributed by atoms with Crippen LogP contribution in [0, 0.1) is 0 Å². The fraction of sp³-hybridized carbons (Fsp3) is 0.455. The molecule has 1 heterocycles. The van der Waals surface area contributed by atoms with Crippen molar-refractivity contribution in [2.24, 2.45) is 0 Å². The van der Waals surface area contributed by atoms with E-state index in [1.807, 2.05) is 24.3 Å². The summed E-state index contributed by atoms with van der Waals surface area (Å²) < 4.78 is 35.5. The van der Waals surface area contributed by atoms with Gasteiger partial charge in [0.05, 0.1) is 0 Å². The van der Waals surface area contributed by atoms with Crippen molar-refractivity contribution in [3.8, 4) is 0 Å². The molecule has 0 spiro atoms. The van der Waals surface area contributed by atoms with Gasteiger partial charge in [-0.3, -0.25) is 4.84 Å². The Bertz CT molecular complexity index is 383. The minimum atomic E-state index is -4.28. The highest BCUT2D eigenvalue weighted by atomic mass is 32.2. The highest BCUT2D eigenvalue weighted by Crippen LogP contribution is 2.38. The van der Waals surface area contributed by atoms with Gasteiger partial charge < -0.3 is 0 Å². The lowest BCUT2D eigenvalue weighted by Crippen LogP contribution is -2.28. The van der Waals surface area contributed by atoms with Gasteiger partial charge in [-0.05, 0) is 11.6 Å². The summed E-state index contributed by atoms with van der Waals surface area (Å²) in [6.07, 6.45) is -4.28. The lowest BCUT2D eigenvalue weighted by molar-refractivity contribution is -0.189. The van der Waals surface area contributed by atoms with E-state index in [9.17, 15) is 13.2 Å². The standard InChI is InChI=1S/C11H12F3NOS/c12-11(13,14)7-16-15-5-8-6-17-10-4-2-1-3-9(8)10/h1-4,8,15H,5-7H2. The van der Waals surface area contributed by atoms with Gasteiger partial charge in [-0.15, -0.1) is 11.8 Å². The van der Waals surface area contributed by atoms with E-state index in [0.717, 1.165) is 5.75 Å². The predicted octanol–water partition coefficient (Wildman–Crippen LogP) is 2.96. The molecule has 94 valence electrons. The van der Waals surface area contributed by atoms with Crippen molar-refractivity contribution in [2.75, 3.05) is 18.9 Å². The van der Waals surface area contributed by atoms with Crippen molar-refractivity contribution >= 4 is 11.8 Å². The molecule has 0 fully saturated rings.